The fourth-order valence-electron chi connectivity index (χ4n) is 6.30. The number of aliphatic hydroxyl groups is 4. The van der Waals surface area contributed by atoms with E-state index in [9.17, 15) is 20.4 Å². The van der Waals surface area contributed by atoms with Crippen LogP contribution in [0.5, 0.6) is 0 Å². The monoisotopic (exact) mass is 621 g/mol. The van der Waals surface area contributed by atoms with Gasteiger partial charge in [-0.05, 0) is 56.6 Å². The van der Waals surface area contributed by atoms with Crippen LogP contribution in [0, 0.1) is 0 Å². The maximum atomic E-state index is 9.29. The van der Waals surface area contributed by atoms with Crippen LogP contribution in [0.25, 0.3) is 22.3 Å². The minimum atomic E-state index is -0.731. The maximum absolute atomic E-state index is 9.29. The molecule has 1 spiro atoms. The minimum absolute atomic E-state index is 0.0685. The van der Waals surface area contributed by atoms with Crippen LogP contribution in [0.4, 0.5) is 0 Å². The van der Waals surface area contributed by atoms with E-state index < -0.39 is 5.41 Å². The highest BCUT2D eigenvalue weighted by molar-refractivity contribution is 7.94. The first-order chi connectivity index (χ1) is 22.1. The predicted octanol–water partition coefficient (Wildman–Crippen LogP) is 0.806. The van der Waals surface area contributed by atoms with Gasteiger partial charge in [0.1, 0.15) is 0 Å². The standard InChI is InChI=1S/C33H32B3O8S/c37-9-13-41-34-21-1-5-25-26-6-2-22(35-42-14-10-38)18-30(26)33(29(25)17-21)31-19-23(36-43-15-11-39)3-7-27(31)28-8-4-24(20-32(28)33)45-44-16-12-40/h1-8,17-20,37-40H,9-16H2. The molecule has 3 radical (unpaired) electrons. The summed E-state index contributed by atoms with van der Waals surface area (Å²) in [5, 5.41) is 37.2. The number of hydrogen-bond donors (Lipinski definition) is 4. The summed E-state index contributed by atoms with van der Waals surface area (Å²) in [6.45, 7) is 0.504. The molecule has 0 amide bonds. The van der Waals surface area contributed by atoms with Gasteiger partial charge in [-0.2, -0.15) is 0 Å². The Morgan fingerprint density at radius 2 is 0.867 bits per heavy atom. The Kier molecular flexibility index (Phi) is 10.5. The number of hydrogen-bond acceptors (Lipinski definition) is 9. The van der Waals surface area contributed by atoms with Gasteiger partial charge in [-0.25, -0.2) is 0 Å². The van der Waals surface area contributed by atoms with Gasteiger partial charge in [0.25, 0.3) is 0 Å². The van der Waals surface area contributed by atoms with E-state index in [0.29, 0.717) is 0 Å². The van der Waals surface area contributed by atoms with E-state index in [1.165, 1.54) is 12.0 Å². The van der Waals surface area contributed by atoms with Crippen molar-refractivity contribution >= 4 is 50.9 Å². The fraction of sp³-hybridized carbons (Fsp3) is 0.273. The Labute approximate surface area is 269 Å². The molecule has 12 heteroatoms. The summed E-state index contributed by atoms with van der Waals surface area (Å²) in [5.74, 6) is 0. The predicted molar refractivity (Wildman–Crippen MR) is 177 cm³/mol. The quantitative estimate of drug-likeness (QED) is 0.0708. The summed E-state index contributed by atoms with van der Waals surface area (Å²) in [6, 6.07) is 25.2. The van der Waals surface area contributed by atoms with Crippen LogP contribution < -0.4 is 16.4 Å². The van der Waals surface area contributed by atoms with Crippen LogP contribution in [-0.2, 0) is 23.6 Å². The van der Waals surface area contributed by atoms with E-state index in [0.717, 1.165) is 65.8 Å². The SMILES string of the molecule is OCCO[B]c1ccc2c(c1)C1(c3cc([B]OCCO)ccc3-2)c2cc([B]OCCO)ccc2-c2ccc(SOCCO)cc21. The Morgan fingerprint density at radius 3 is 1.27 bits per heavy atom. The molecular formula is C33H32B3O8S. The summed E-state index contributed by atoms with van der Waals surface area (Å²) in [4.78, 5) is 0.908. The number of rotatable bonds is 16. The van der Waals surface area contributed by atoms with E-state index in [1.807, 2.05) is 24.3 Å². The molecule has 45 heavy (non-hydrogen) atoms. The Hall–Kier alpha value is -2.90. The number of aliphatic hydroxyl groups excluding tert-OH is 4. The van der Waals surface area contributed by atoms with Crippen molar-refractivity contribution in [2.75, 3.05) is 52.9 Å². The molecule has 227 valence electrons. The molecule has 0 saturated heterocycles. The van der Waals surface area contributed by atoms with Gasteiger partial charge in [-0.3, -0.25) is 0 Å². The van der Waals surface area contributed by atoms with Crippen LogP contribution in [0.2, 0.25) is 0 Å². The van der Waals surface area contributed by atoms with Crippen LogP contribution in [-0.4, -0.2) is 95.7 Å². The van der Waals surface area contributed by atoms with E-state index in [2.05, 4.69) is 48.5 Å². The van der Waals surface area contributed by atoms with Crippen molar-refractivity contribution in [1.82, 2.24) is 0 Å². The third-order valence-electron chi connectivity index (χ3n) is 7.93. The Morgan fingerprint density at radius 1 is 0.489 bits per heavy atom. The first kappa shape index (κ1) is 32.1. The van der Waals surface area contributed by atoms with Crippen LogP contribution >= 0.6 is 12.0 Å². The molecule has 0 aliphatic heterocycles. The van der Waals surface area contributed by atoms with Gasteiger partial charge in [-0.1, -0.05) is 77.1 Å². The number of benzene rings is 4. The van der Waals surface area contributed by atoms with Crippen molar-refractivity contribution in [2.45, 2.75) is 10.3 Å². The lowest BCUT2D eigenvalue weighted by Gasteiger charge is -2.31. The third kappa shape index (κ3) is 6.15. The molecule has 8 nitrogen and oxygen atoms in total. The molecular weight excluding hydrogens is 589 g/mol. The van der Waals surface area contributed by atoms with Crippen molar-refractivity contribution in [3.05, 3.63) is 95.1 Å². The van der Waals surface area contributed by atoms with E-state index in [-0.39, 0.29) is 52.9 Å². The summed E-state index contributed by atoms with van der Waals surface area (Å²) in [7, 11) is 5.02. The minimum Gasteiger partial charge on any atom is -0.432 e. The van der Waals surface area contributed by atoms with Crippen molar-refractivity contribution < 1.29 is 38.6 Å². The van der Waals surface area contributed by atoms with E-state index in [1.54, 1.807) is 22.4 Å². The lowest BCUT2D eigenvalue weighted by atomic mass is 9.67. The summed E-state index contributed by atoms with van der Waals surface area (Å²) < 4.78 is 22.5. The van der Waals surface area contributed by atoms with Gasteiger partial charge in [0.15, 0.2) is 0 Å². The molecule has 0 aromatic heterocycles. The Balaban J connectivity index is 1.59. The molecule has 6 rings (SSSR count). The van der Waals surface area contributed by atoms with Gasteiger partial charge in [0.05, 0.1) is 58.3 Å². The molecule has 0 saturated carbocycles. The molecule has 0 atom stereocenters. The Bertz CT molecular complexity index is 1410. The van der Waals surface area contributed by atoms with Gasteiger partial charge >= 0.3 is 22.4 Å². The van der Waals surface area contributed by atoms with Gasteiger partial charge < -0.3 is 38.6 Å². The van der Waals surface area contributed by atoms with Crippen molar-refractivity contribution in [3.8, 4) is 22.3 Å². The molecule has 0 bridgehead atoms. The molecule has 0 fully saturated rings. The zero-order valence-corrected chi connectivity index (χ0v) is 25.5. The maximum Gasteiger partial charge on any atom is 0.330 e. The van der Waals surface area contributed by atoms with Gasteiger partial charge in [0.2, 0.25) is 0 Å². The lowest BCUT2D eigenvalue weighted by Crippen LogP contribution is -2.31. The second-order valence-electron chi connectivity index (χ2n) is 10.6. The third-order valence-corrected chi connectivity index (χ3v) is 8.66. The summed E-state index contributed by atoms with van der Waals surface area (Å²) >= 11 is 1.24. The molecule has 2 aliphatic rings. The van der Waals surface area contributed by atoms with Gasteiger partial charge in [-0.15, -0.1) is 0 Å². The first-order valence-electron chi connectivity index (χ1n) is 14.8. The molecule has 0 unspecified atom stereocenters. The lowest BCUT2D eigenvalue weighted by molar-refractivity contribution is 0.209. The molecule has 4 aromatic rings. The van der Waals surface area contributed by atoms with Crippen LogP contribution in [0.15, 0.2) is 77.7 Å². The molecule has 2 aliphatic carbocycles. The van der Waals surface area contributed by atoms with Crippen LogP contribution in [0.1, 0.15) is 22.3 Å². The normalized spacial score (nSPS) is 13.3. The zero-order chi connectivity index (χ0) is 31.2. The van der Waals surface area contributed by atoms with Crippen molar-refractivity contribution in [3.63, 3.8) is 0 Å². The summed E-state index contributed by atoms with van der Waals surface area (Å²) in [6.07, 6.45) is 0. The molecule has 0 heterocycles. The van der Waals surface area contributed by atoms with Gasteiger partial charge in [0, 0.05) is 16.9 Å². The average molecular weight is 621 g/mol. The summed E-state index contributed by atoms with van der Waals surface area (Å²) in [5.41, 5.74) is 10.6. The fourth-order valence-corrected chi connectivity index (χ4v) is 6.89. The van der Waals surface area contributed by atoms with E-state index in [4.69, 9.17) is 18.1 Å². The number of fused-ring (bicyclic) bond motifs is 10. The van der Waals surface area contributed by atoms with Crippen molar-refractivity contribution in [1.29, 1.82) is 0 Å². The highest BCUT2D eigenvalue weighted by Gasteiger charge is 2.52. The zero-order valence-electron chi connectivity index (χ0n) is 24.6. The average Bonchev–Trinajstić information content (AvgIpc) is 3.51. The van der Waals surface area contributed by atoms with E-state index >= 15 is 0 Å². The highest BCUT2D eigenvalue weighted by Crippen LogP contribution is 2.62. The van der Waals surface area contributed by atoms with Crippen LogP contribution in [0.3, 0.4) is 0 Å². The second kappa shape index (κ2) is 14.7. The highest BCUT2D eigenvalue weighted by atomic mass is 32.2. The second-order valence-corrected chi connectivity index (χ2v) is 11.5. The first-order valence-corrected chi connectivity index (χ1v) is 15.6. The molecule has 4 aromatic carbocycles. The molecule has 4 N–H and O–H groups in total. The van der Waals surface area contributed by atoms with Crippen molar-refractivity contribution in [2.24, 2.45) is 0 Å². The topological polar surface area (TPSA) is 118 Å². The smallest absolute Gasteiger partial charge is 0.330 e. The largest absolute Gasteiger partial charge is 0.432 e.